The summed E-state index contributed by atoms with van der Waals surface area (Å²) in [6.45, 7) is 2.03. The summed E-state index contributed by atoms with van der Waals surface area (Å²) >= 11 is 0. The third-order valence-corrected chi connectivity index (χ3v) is 5.69. The number of carbonyl (C=O) groups excluding carboxylic acids is 2. The van der Waals surface area contributed by atoms with Crippen LogP contribution in [-0.2, 0) is 22.4 Å². The van der Waals surface area contributed by atoms with E-state index in [9.17, 15) is 9.59 Å². The number of rotatable bonds is 6. The van der Waals surface area contributed by atoms with Crippen molar-refractivity contribution in [3.63, 3.8) is 0 Å². The predicted molar refractivity (Wildman–Crippen MR) is 130 cm³/mol. The molecule has 0 bridgehead atoms. The van der Waals surface area contributed by atoms with E-state index in [4.69, 9.17) is 0 Å². The van der Waals surface area contributed by atoms with E-state index in [2.05, 4.69) is 33.3 Å². The van der Waals surface area contributed by atoms with Gasteiger partial charge in [0, 0.05) is 24.3 Å². The smallest absolute Gasteiger partial charge is 0.228 e. The lowest BCUT2D eigenvalue weighted by Gasteiger charge is -2.03. The number of amides is 1. The molecule has 1 aliphatic rings. The minimum absolute atomic E-state index is 0.0173. The molecule has 4 aromatic rings. The summed E-state index contributed by atoms with van der Waals surface area (Å²) in [5, 5.41) is 7.30. The van der Waals surface area contributed by atoms with Crippen molar-refractivity contribution in [3.05, 3.63) is 94.8 Å². The first-order chi connectivity index (χ1) is 16.5. The summed E-state index contributed by atoms with van der Waals surface area (Å²) in [5.41, 5.74) is 5.28. The molecular formula is C28H24N4O2. The summed E-state index contributed by atoms with van der Waals surface area (Å²) < 4.78 is 1.62. The molecule has 1 fully saturated rings. The molecule has 2 heterocycles. The highest BCUT2D eigenvalue weighted by atomic mass is 16.2. The third kappa shape index (κ3) is 5.38. The SMILES string of the molecule is Cc1cccc(CC(=O)Cc2ccc(C#Cc3ccc4nc(NC(=O)C5CC5)cn4n3)cc2)c1. The average Bonchev–Trinajstić information content (AvgIpc) is 3.59. The lowest BCUT2D eigenvalue weighted by atomic mass is 10.0. The van der Waals surface area contributed by atoms with Crippen molar-refractivity contribution in [3.8, 4) is 11.8 Å². The van der Waals surface area contributed by atoms with E-state index in [1.54, 1.807) is 16.8 Å². The van der Waals surface area contributed by atoms with Gasteiger partial charge in [-0.15, -0.1) is 0 Å². The number of aromatic nitrogens is 3. The maximum absolute atomic E-state index is 12.4. The molecule has 1 N–H and O–H groups in total. The topological polar surface area (TPSA) is 76.4 Å². The molecule has 1 aliphatic carbocycles. The van der Waals surface area contributed by atoms with Crippen LogP contribution in [0.4, 0.5) is 5.82 Å². The monoisotopic (exact) mass is 448 g/mol. The number of fused-ring (bicyclic) bond motifs is 1. The van der Waals surface area contributed by atoms with Crippen molar-refractivity contribution in [2.75, 3.05) is 5.32 Å². The molecule has 0 aliphatic heterocycles. The van der Waals surface area contributed by atoms with E-state index < -0.39 is 0 Å². The fourth-order valence-corrected chi connectivity index (χ4v) is 3.76. The number of nitrogens with zero attached hydrogens (tertiary/aromatic N) is 3. The number of hydrogen-bond acceptors (Lipinski definition) is 4. The van der Waals surface area contributed by atoms with Crippen LogP contribution in [0.2, 0.25) is 0 Å². The maximum atomic E-state index is 12.4. The minimum atomic E-state index is 0.0173. The van der Waals surface area contributed by atoms with E-state index in [0.29, 0.717) is 30.0 Å². The quantitative estimate of drug-likeness (QED) is 0.450. The molecule has 0 radical (unpaired) electrons. The largest absolute Gasteiger partial charge is 0.309 e. The Bertz CT molecular complexity index is 1440. The fourth-order valence-electron chi connectivity index (χ4n) is 3.76. The summed E-state index contributed by atoms with van der Waals surface area (Å²) in [6.07, 6.45) is 4.44. The van der Waals surface area contributed by atoms with Gasteiger partial charge in [0.15, 0.2) is 11.5 Å². The van der Waals surface area contributed by atoms with Gasteiger partial charge < -0.3 is 5.32 Å². The molecule has 0 saturated heterocycles. The number of hydrogen-bond donors (Lipinski definition) is 1. The number of imidazole rings is 1. The molecule has 1 saturated carbocycles. The second-order valence-corrected chi connectivity index (χ2v) is 8.74. The molecule has 6 heteroatoms. The number of carbonyl (C=O) groups is 2. The van der Waals surface area contributed by atoms with E-state index in [1.165, 1.54) is 0 Å². The van der Waals surface area contributed by atoms with Gasteiger partial charge in [-0.25, -0.2) is 9.50 Å². The minimum Gasteiger partial charge on any atom is -0.309 e. The van der Waals surface area contributed by atoms with E-state index in [1.807, 2.05) is 55.5 Å². The highest BCUT2D eigenvalue weighted by Gasteiger charge is 2.30. The van der Waals surface area contributed by atoms with Crippen LogP contribution in [0.15, 0.2) is 66.9 Å². The van der Waals surface area contributed by atoms with Crippen molar-refractivity contribution in [1.82, 2.24) is 14.6 Å². The van der Waals surface area contributed by atoms with Crippen LogP contribution in [0.3, 0.4) is 0 Å². The van der Waals surface area contributed by atoms with Gasteiger partial charge in [0.2, 0.25) is 5.91 Å². The average molecular weight is 449 g/mol. The third-order valence-electron chi connectivity index (χ3n) is 5.69. The Morgan fingerprint density at radius 3 is 2.56 bits per heavy atom. The van der Waals surface area contributed by atoms with Gasteiger partial charge in [-0.3, -0.25) is 9.59 Å². The van der Waals surface area contributed by atoms with Gasteiger partial charge in [-0.1, -0.05) is 47.9 Å². The van der Waals surface area contributed by atoms with E-state index in [-0.39, 0.29) is 17.6 Å². The lowest BCUT2D eigenvalue weighted by molar-refractivity contribution is -0.118. The van der Waals surface area contributed by atoms with Crippen molar-refractivity contribution < 1.29 is 9.59 Å². The molecule has 0 atom stereocenters. The zero-order chi connectivity index (χ0) is 23.5. The van der Waals surface area contributed by atoms with Gasteiger partial charge in [0.1, 0.15) is 11.5 Å². The van der Waals surface area contributed by atoms with Crippen molar-refractivity contribution in [2.45, 2.75) is 32.6 Å². The first-order valence-electron chi connectivity index (χ1n) is 11.4. The number of anilines is 1. The fraction of sp³-hybridized carbons (Fsp3) is 0.214. The highest BCUT2D eigenvalue weighted by Crippen LogP contribution is 2.30. The summed E-state index contributed by atoms with van der Waals surface area (Å²) in [4.78, 5) is 28.7. The molecule has 34 heavy (non-hydrogen) atoms. The van der Waals surface area contributed by atoms with Gasteiger partial charge in [0.25, 0.3) is 0 Å². The number of nitrogens with one attached hydrogen (secondary N) is 1. The zero-order valence-corrected chi connectivity index (χ0v) is 18.9. The van der Waals surface area contributed by atoms with Crippen LogP contribution in [0, 0.1) is 24.7 Å². The number of Topliss-reactive ketones (excluding diaryl/α,β-unsaturated/α-hetero) is 1. The van der Waals surface area contributed by atoms with Crippen LogP contribution in [-0.4, -0.2) is 26.3 Å². The molecule has 6 nitrogen and oxygen atoms in total. The van der Waals surface area contributed by atoms with Crippen LogP contribution in [0.5, 0.6) is 0 Å². The maximum Gasteiger partial charge on any atom is 0.228 e. The Labute approximate surface area is 198 Å². The molecule has 2 aromatic heterocycles. The molecule has 0 spiro atoms. The second kappa shape index (κ2) is 9.32. The molecule has 0 unspecified atom stereocenters. The zero-order valence-electron chi connectivity index (χ0n) is 18.9. The Balaban J connectivity index is 1.21. The van der Waals surface area contributed by atoms with Crippen LogP contribution < -0.4 is 5.32 Å². The first-order valence-corrected chi connectivity index (χ1v) is 11.4. The van der Waals surface area contributed by atoms with Gasteiger partial charge in [-0.2, -0.15) is 5.10 Å². The van der Waals surface area contributed by atoms with Crippen molar-refractivity contribution in [2.24, 2.45) is 5.92 Å². The van der Waals surface area contributed by atoms with Crippen LogP contribution >= 0.6 is 0 Å². The van der Waals surface area contributed by atoms with Crippen LogP contribution in [0.25, 0.3) is 5.65 Å². The van der Waals surface area contributed by atoms with Gasteiger partial charge >= 0.3 is 0 Å². The Morgan fingerprint density at radius 2 is 1.79 bits per heavy atom. The number of aryl methyl sites for hydroxylation is 1. The Kier molecular flexibility index (Phi) is 5.92. The summed E-state index contributed by atoms with van der Waals surface area (Å²) in [6, 6.07) is 19.4. The molecular weight excluding hydrogens is 424 g/mol. The highest BCUT2D eigenvalue weighted by molar-refractivity contribution is 5.93. The Morgan fingerprint density at radius 1 is 1.00 bits per heavy atom. The van der Waals surface area contributed by atoms with Crippen molar-refractivity contribution in [1.29, 1.82) is 0 Å². The normalized spacial score (nSPS) is 12.7. The summed E-state index contributed by atoms with van der Waals surface area (Å²) in [7, 11) is 0. The summed E-state index contributed by atoms with van der Waals surface area (Å²) in [5.74, 6) is 7.01. The molecule has 5 rings (SSSR count). The number of benzene rings is 2. The molecule has 2 aromatic carbocycles. The van der Waals surface area contributed by atoms with E-state index >= 15 is 0 Å². The molecule has 168 valence electrons. The van der Waals surface area contributed by atoms with Crippen molar-refractivity contribution >= 4 is 23.2 Å². The second-order valence-electron chi connectivity index (χ2n) is 8.74. The standard InChI is InChI=1S/C28H24N4O2/c1-19-3-2-4-22(15-19)17-25(33)16-21-7-5-20(6-8-21)9-12-24-13-14-27-29-26(18-32(27)31-24)30-28(34)23-10-11-23/h2-8,13-15,18,23H,10-11,16-17H2,1H3,(H,30,34). The number of ketones is 1. The first kappa shape index (κ1) is 21.6. The van der Waals surface area contributed by atoms with Gasteiger partial charge in [-0.05, 0) is 61.1 Å². The van der Waals surface area contributed by atoms with Gasteiger partial charge in [0.05, 0.1) is 6.20 Å². The lowest BCUT2D eigenvalue weighted by Crippen LogP contribution is -2.13. The Hall–Kier alpha value is -4.24. The van der Waals surface area contributed by atoms with Crippen LogP contribution in [0.1, 0.15) is 40.8 Å². The molecule has 1 amide bonds. The predicted octanol–water partition coefficient (Wildman–Crippen LogP) is 4.14. The van der Waals surface area contributed by atoms with E-state index in [0.717, 1.165) is 35.1 Å².